The molecule has 0 aliphatic heterocycles. The van der Waals surface area contributed by atoms with Crippen molar-refractivity contribution in [2.75, 3.05) is 0 Å². The van der Waals surface area contributed by atoms with Crippen LogP contribution in [0.3, 0.4) is 0 Å². The van der Waals surface area contributed by atoms with Crippen molar-refractivity contribution >= 4 is 8.60 Å². The summed E-state index contributed by atoms with van der Waals surface area (Å²) in [5.41, 5.74) is 0. The van der Waals surface area contributed by atoms with Gasteiger partial charge in [-0.15, -0.1) is 0 Å². The Balaban J connectivity index is 0. The van der Waals surface area contributed by atoms with Crippen LogP contribution in [0.25, 0.3) is 0 Å². The molecule has 5 heteroatoms. The van der Waals surface area contributed by atoms with Crippen LogP contribution in [-0.2, 0) is 0 Å². The Kier molecular flexibility index (Phi) is 11.2. The summed E-state index contributed by atoms with van der Waals surface area (Å²) in [4.78, 5) is 21.7. The van der Waals surface area contributed by atoms with Crippen LogP contribution in [0.4, 0.5) is 0 Å². The maximum Gasteiger partial charge on any atom is 0.324 e. The molecule has 0 heterocycles. The minimum absolute atomic E-state index is 0. The van der Waals surface area contributed by atoms with Crippen LogP contribution >= 0.6 is 8.60 Å². The van der Waals surface area contributed by atoms with E-state index >= 15 is 0 Å². The van der Waals surface area contributed by atoms with E-state index in [9.17, 15) is 0 Å². The molecule has 3 nitrogen and oxygen atoms in total. The molecule has 0 saturated carbocycles. The molecule has 0 rings (SSSR count). The van der Waals surface area contributed by atoms with E-state index in [0.717, 1.165) is 0 Å². The molecule has 0 atom stereocenters. The van der Waals surface area contributed by atoms with E-state index in [-0.39, 0.29) is 41.3 Å². The number of rotatable bonds is 0. The minimum atomic E-state index is -2.62. The predicted molar refractivity (Wildman–Crippen MR) is 13.6 cm³/mol. The van der Waals surface area contributed by atoms with Gasteiger partial charge in [-0.3, -0.25) is 0 Å². The molecular weight excluding hydrogens is 220 g/mol. The zero-order valence-electron chi connectivity index (χ0n) is 2.37. The molecule has 0 bridgehead atoms. The Bertz CT molecular complexity index is 11.6. The molecular formula is H3O3PPr. The van der Waals surface area contributed by atoms with Gasteiger partial charge in [0, 0.05) is 41.3 Å². The SMILES string of the molecule is OP(O)O.[Pr]. The van der Waals surface area contributed by atoms with Crippen LogP contribution in [0.15, 0.2) is 0 Å². The summed E-state index contributed by atoms with van der Waals surface area (Å²) >= 11 is 0. The summed E-state index contributed by atoms with van der Waals surface area (Å²) in [6, 6.07) is 0. The second kappa shape index (κ2) is 5.67. The van der Waals surface area contributed by atoms with Crippen molar-refractivity contribution < 1.29 is 56.0 Å². The Labute approximate surface area is 64.0 Å². The van der Waals surface area contributed by atoms with Gasteiger partial charge in [-0.1, -0.05) is 0 Å². The monoisotopic (exact) mass is 223 g/mol. The van der Waals surface area contributed by atoms with E-state index in [1.165, 1.54) is 0 Å². The third kappa shape index (κ3) is 27.3. The summed E-state index contributed by atoms with van der Waals surface area (Å²) in [7, 11) is -2.62. The van der Waals surface area contributed by atoms with Crippen LogP contribution in [0.1, 0.15) is 0 Å². The molecule has 0 aromatic carbocycles. The number of hydrogen-bond acceptors (Lipinski definition) is 3. The summed E-state index contributed by atoms with van der Waals surface area (Å²) in [6.07, 6.45) is 0. The van der Waals surface area contributed by atoms with E-state index in [1.54, 1.807) is 0 Å². The smallest absolute Gasteiger partial charge is 0.324 e. The van der Waals surface area contributed by atoms with Crippen LogP contribution in [0.2, 0.25) is 0 Å². The molecule has 3 N–H and O–H groups in total. The Morgan fingerprint density at radius 1 is 1.00 bits per heavy atom. The van der Waals surface area contributed by atoms with E-state index < -0.39 is 8.60 Å². The molecule has 0 aliphatic rings. The number of hydrogen-bond donors (Lipinski definition) is 3. The van der Waals surface area contributed by atoms with Crippen molar-refractivity contribution in [1.29, 1.82) is 0 Å². The normalized spacial score (nSPS) is 7.20. The molecule has 1 radical (unpaired) electrons. The second-order valence-corrected chi connectivity index (χ2v) is 0.805. The largest absolute Gasteiger partial charge is 0.328 e. The fraction of sp³-hybridized carbons (Fsp3) is 0. The first kappa shape index (κ1) is 9.84. The van der Waals surface area contributed by atoms with E-state index in [1.807, 2.05) is 0 Å². The van der Waals surface area contributed by atoms with Gasteiger partial charge in [0.2, 0.25) is 0 Å². The van der Waals surface area contributed by atoms with Gasteiger partial charge in [0.1, 0.15) is 0 Å². The fourth-order valence-corrected chi connectivity index (χ4v) is 0. The summed E-state index contributed by atoms with van der Waals surface area (Å²) in [5.74, 6) is 0. The molecule has 0 unspecified atom stereocenters. The maximum atomic E-state index is 7.23. The minimum Gasteiger partial charge on any atom is -0.328 e. The second-order valence-electron chi connectivity index (χ2n) is 0.268. The third-order valence-corrected chi connectivity index (χ3v) is 0. The average molecular weight is 223 g/mol. The topological polar surface area (TPSA) is 60.7 Å². The molecule has 0 aliphatic carbocycles. The molecule has 0 spiro atoms. The van der Waals surface area contributed by atoms with Gasteiger partial charge in [-0.25, -0.2) is 0 Å². The van der Waals surface area contributed by atoms with Crippen molar-refractivity contribution in [2.24, 2.45) is 0 Å². The van der Waals surface area contributed by atoms with Gasteiger partial charge >= 0.3 is 8.60 Å². The Hall–Kier alpha value is 1.67. The Morgan fingerprint density at radius 3 is 1.00 bits per heavy atom. The summed E-state index contributed by atoms with van der Waals surface area (Å²) in [5, 5.41) is 0. The molecule has 0 aromatic rings. The van der Waals surface area contributed by atoms with Crippen molar-refractivity contribution in [3.63, 3.8) is 0 Å². The van der Waals surface area contributed by atoms with Gasteiger partial charge in [0.15, 0.2) is 0 Å². The molecule has 0 amide bonds. The van der Waals surface area contributed by atoms with Gasteiger partial charge < -0.3 is 14.7 Å². The standard InChI is InChI=1S/H3O3P.Pr/c1-4(2)3;/h1-3H;. The zero-order chi connectivity index (χ0) is 3.58. The molecule has 0 aromatic heterocycles. The van der Waals surface area contributed by atoms with Crippen molar-refractivity contribution in [3.8, 4) is 0 Å². The van der Waals surface area contributed by atoms with Gasteiger partial charge in [-0.05, 0) is 0 Å². The first-order valence-electron chi connectivity index (χ1n) is 0.600. The fourth-order valence-electron chi connectivity index (χ4n) is 0. The van der Waals surface area contributed by atoms with Crippen LogP contribution < -0.4 is 0 Å². The molecule has 0 saturated heterocycles. The van der Waals surface area contributed by atoms with Crippen LogP contribution in [0, 0.1) is 41.3 Å². The van der Waals surface area contributed by atoms with Gasteiger partial charge in [-0.2, -0.15) is 0 Å². The van der Waals surface area contributed by atoms with Gasteiger partial charge in [0.25, 0.3) is 0 Å². The van der Waals surface area contributed by atoms with E-state index in [2.05, 4.69) is 0 Å². The summed E-state index contributed by atoms with van der Waals surface area (Å²) in [6.45, 7) is 0. The first-order chi connectivity index (χ1) is 1.73. The maximum absolute atomic E-state index is 7.23. The van der Waals surface area contributed by atoms with Crippen molar-refractivity contribution in [3.05, 3.63) is 0 Å². The quantitative estimate of drug-likeness (QED) is 0.470. The predicted octanol–water partition coefficient (Wildman–Crippen LogP) is -0.810. The molecule has 0 fully saturated rings. The summed E-state index contributed by atoms with van der Waals surface area (Å²) < 4.78 is 0. The first-order valence-corrected chi connectivity index (χ1v) is 1.80. The van der Waals surface area contributed by atoms with Crippen LogP contribution in [0.5, 0.6) is 0 Å². The molecule has 29 valence electrons. The van der Waals surface area contributed by atoms with E-state index in [4.69, 9.17) is 14.7 Å². The Morgan fingerprint density at radius 2 is 1.00 bits per heavy atom. The van der Waals surface area contributed by atoms with Gasteiger partial charge in [0.05, 0.1) is 0 Å². The van der Waals surface area contributed by atoms with Crippen molar-refractivity contribution in [1.82, 2.24) is 0 Å². The van der Waals surface area contributed by atoms with Crippen LogP contribution in [-0.4, -0.2) is 14.7 Å². The van der Waals surface area contributed by atoms with Crippen molar-refractivity contribution in [2.45, 2.75) is 0 Å². The average Bonchev–Trinajstić information content (AvgIpc) is 0.811. The molecule has 5 heavy (non-hydrogen) atoms. The van der Waals surface area contributed by atoms with E-state index in [0.29, 0.717) is 0 Å². The zero-order valence-corrected chi connectivity index (χ0v) is 6.97. The third-order valence-electron chi connectivity index (χ3n) is 0.